The fourth-order valence-corrected chi connectivity index (χ4v) is 1.65. The molecule has 2 aromatic rings. The van der Waals surface area contributed by atoms with Gasteiger partial charge in [-0.1, -0.05) is 6.07 Å². The van der Waals surface area contributed by atoms with E-state index < -0.39 is 0 Å². The van der Waals surface area contributed by atoms with Gasteiger partial charge in [-0.05, 0) is 18.2 Å². The maximum Gasteiger partial charge on any atom is 0.250 e. The molecule has 6 heteroatoms. The topological polar surface area (TPSA) is 76.1 Å². The van der Waals surface area contributed by atoms with Crippen molar-refractivity contribution in [1.29, 1.82) is 0 Å². The number of anilines is 2. The van der Waals surface area contributed by atoms with Gasteiger partial charge in [0.1, 0.15) is 6.61 Å². The molecule has 1 aromatic carbocycles. The summed E-state index contributed by atoms with van der Waals surface area (Å²) >= 11 is 0. The molecule has 20 heavy (non-hydrogen) atoms. The first-order valence-electron chi connectivity index (χ1n) is 6.15. The third-order valence-corrected chi connectivity index (χ3v) is 2.51. The molecule has 1 aromatic heterocycles. The van der Waals surface area contributed by atoms with Crippen LogP contribution < -0.4 is 10.6 Å². The lowest BCUT2D eigenvalue weighted by Gasteiger charge is -2.09. The Morgan fingerprint density at radius 1 is 1.30 bits per heavy atom. The lowest BCUT2D eigenvalue weighted by molar-refractivity contribution is -0.119. The van der Waals surface area contributed by atoms with E-state index in [9.17, 15) is 4.79 Å². The zero-order valence-corrected chi connectivity index (χ0v) is 11.2. The summed E-state index contributed by atoms with van der Waals surface area (Å²) in [4.78, 5) is 19.6. The highest BCUT2D eigenvalue weighted by atomic mass is 16.5. The largest absolute Gasteiger partial charge is 0.379 e. The Kier molecular flexibility index (Phi) is 5.02. The molecule has 2 rings (SSSR count). The average Bonchev–Trinajstić information content (AvgIpc) is 2.47. The SMILES string of the molecule is COCC(=O)Nc1cccc(NCc2cnccn2)c1. The Labute approximate surface area is 117 Å². The zero-order valence-electron chi connectivity index (χ0n) is 11.2. The van der Waals surface area contributed by atoms with Crippen LogP contribution in [0.3, 0.4) is 0 Å². The number of ether oxygens (including phenoxy) is 1. The Morgan fingerprint density at radius 2 is 2.15 bits per heavy atom. The quantitative estimate of drug-likeness (QED) is 0.836. The fraction of sp³-hybridized carbons (Fsp3) is 0.214. The highest BCUT2D eigenvalue weighted by Crippen LogP contribution is 2.15. The summed E-state index contributed by atoms with van der Waals surface area (Å²) < 4.78 is 4.77. The number of rotatable bonds is 6. The third-order valence-electron chi connectivity index (χ3n) is 2.51. The van der Waals surface area contributed by atoms with Crippen LogP contribution in [0, 0.1) is 0 Å². The minimum Gasteiger partial charge on any atom is -0.379 e. The van der Waals surface area contributed by atoms with Crippen molar-refractivity contribution in [2.75, 3.05) is 24.4 Å². The number of nitrogens with zero attached hydrogens (tertiary/aromatic N) is 2. The zero-order chi connectivity index (χ0) is 14.2. The summed E-state index contributed by atoms with van der Waals surface area (Å²) in [6, 6.07) is 7.45. The van der Waals surface area contributed by atoms with Crippen molar-refractivity contribution in [3.8, 4) is 0 Å². The number of aromatic nitrogens is 2. The molecule has 1 heterocycles. The van der Waals surface area contributed by atoms with Gasteiger partial charge in [-0.2, -0.15) is 0 Å². The minimum absolute atomic E-state index is 0.0389. The van der Waals surface area contributed by atoms with Gasteiger partial charge in [0.2, 0.25) is 5.91 Å². The molecule has 0 aliphatic carbocycles. The Hall–Kier alpha value is -2.47. The van der Waals surface area contributed by atoms with Gasteiger partial charge in [0.15, 0.2) is 0 Å². The number of hydrogen-bond acceptors (Lipinski definition) is 5. The van der Waals surface area contributed by atoms with Crippen LogP contribution in [0.25, 0.3) is 0 Å². The second kappa shape index (κ2) is 7.20. The van der Waals surface area contributed by atoms with E-state index in [4.69, 9.17) is 4.74 Å². The highest BCUT2D eigenvalue weighted by molar-refractivity contribution is 5.92. The molecule has 0 spiro atoms. The highest BCUT2D eigenvalue weighted by Gasteiger charge is 2.02. The number of benzene rings is 1. The molecule has 104 valence electrons. The lowest BCUT2D eigenvalue weighted by Crippen LogP contribution is -2.17. The maximum absolute atomic E-state index is 11.4. The number of amides is 1. The van der Waals surface area contributed by atoms with Gasteiger partial charge in [-0.3, -0.25) is 14.8 Å². The van der Waals surface area contributed by atoms with Crippen molar-refractivity contribution in [3.63, 3.8) is 0 Å². The molecule has 2 N–H and O–H groups in total. The van der Waals surface area contributed by atoms with E-state index in [-0.39, 0.29) is 12.5 Å². The van der Waals surface area contributed by atoms with Crippen LogP contribution >= 0.6 is 0 Å². The predicted octanol–water partition coefficient (Wildman–Crippen LogP) is 1.67. The van der Waals surface area contributed by atoms with E-state index in [1.165, 1.54) is 7.11 Å². The minimum atomic E-state index is -0.182. The Balaban J connectivity index is 1.94. The molecule has 0 bridgehead atoms. The fourth-order valence-electron chi connectivity index (χ4n) is 1.65. The van der Waals surface area contributed by atoms with Crippen molar-refractivity contribution in [2.45, 2.75) is 6.54 Å². The molecule has 0 radical (unpaired) electrons. The molecule has 0 fully saturated rings. The second-order valence-corrected chi connectivity index (χ2v) is 4.11. The first-order chi connectivity index (χ1) is 9.78. The smallest absolute Gasteiger partial charge is 0.250 e. The van der Waals surface area contributed by atoms with Crippen molar-refractivity contribution >= 4 is 17.3 Å². The summed E-state index contributed by atoms with van der Waals surface area (Å²) in [5, 5.41) is 5.97. The molecular weight excluding hydrogens is 256 g/mol. The summed E-state index contributed by atoms with van der Waals surface area (Å²) in [5.41, 5.74) is 2.46. The number of nitrogens with one attached hydrogen (secondary N) is 2. The Bertz CT molecular complexity index is 560. The summed E-state index contributed by atoms with van der Waals surface area (Å²) in [7, 11) is 1.48. The average molecular weight is 272 g/mol. The van der Waals surface area contributed by atoms with Gasteiger partial charge in [0.05, 0.1) is 18.4 Å². The summed E-state index contributed by atoms with van der Waals surface area (Å²) in [5.74, 6) is -0.182. The van der Waals surface area contributed by atoms with E-state index in [0.717, 1.165) is 17.1 Å². The van der Waals surface area contributed by atoms with Crippen LogP contribution in [0.4, 0.5) is 11.4 Å². The molecular formula is C14H16N4O2. The number of hydrogen-bond donors (Lipinski definition) is 2. The van der Waals surface area contributed by atoms with Crippen LogP contribution in [-0.4, -0.2) is 29.6 Å². The van der Waals surface area contributed by atoms with Gasteiger partial charge in [-0.15, -0.1) is 0 Å². The normalized spacial score (nSPS) is 10.1. The van der Waals surface area contributed by atoms with E-state index in [0.29, 0.717) is 6.54 Å². The molecule has 0 unspecified atom stereocenters. The predicted molar refractivity (Wildman–Crippen MR) is 76.3 cm³/mol. The molecule has 0 aliphatic rings. The van der Waals surface area contributed by atoms with Crippen LogP contribution in [0.15, 0.2) is 42.9 Å². The second-order valence-electron chi connectivity index (χ2n) is 4.11. The van der Waals surface area contributed by atoms with Gasteiger partial charge >= 0.3 is 0 Å². The molecule has 0 saturated heterocycles. The van der Waals surface area contributed by atoms with Crippen molar-refractivity contribution in [2.24, 2.45) is 0 Å². The van der Waals surface area contributed by atoms with E-state index in [1.54, 1.807) is 18.6 Å². The van der Waals surface area contributed by atoms with Crippen LogP contribution in [0.1, 0.15) is 5.69 Å². The van der Waals surface area contributed by atoms with E-state index >= 15 is 0 Å². The molecule has 0 atom stereocenters. The van der Waals surface area contributed by atoms with Gasteiger partial charge in [0, 0.05) is 30.9 Å². The monoisotopic (exact) mass is 272 g/mol. The standard InChI is InChI=1S/C14H16N4O2/c1-20-10-14(19)18-12-4-2-3-11(7-12)17-9-13-8-15-5-6-16-13/h2-8,17H,9-10H2,1H3,(H,18,19). The van der Waals surface area contributed by atoms with Crippen molar-refractivity contribution < 1.29 is 9.53 Å². The molecule has 1 amide bonds. The van der Waals surface area contributed by atoms with Crippen molar-refractivity contribution in [3.05, 3.63) is 48.5 Å². The molecule has 6 nitrogen and oxygen atoms in total. The number of carbonyl (C=O) groups excluding carboxylic acids is 1. The van der Waals surface area contributed by atoms with Crippen LogP contribution in [-0.2, 0) is 16.1 Å². The summed E-state index contributed by atoms with van der Waals surface area (Å²) in [6.07, 6.45) is 4.99. The van der Waals surface area contributed by atoms with Crippen LogP contribution in [0.5, 0.6) is 0 Å². The summed E-state index contributed by atoms with van der Waals surface area (Å²) in [6.45, 7) is 0.612. The maximum atomic E-state index is 11.4. The first-order valence-corrected chi connectivity index (χ1v) is 6.15. The number of carbonyl (C=O) groups is 1. The Morgan fingerprint density at radius 3 is 2.90 bits per heavy atom. The number of methoxy groups -OCH3 is 1. The van der Waals surface area contributed by atoms with Gasteiger partial charge in [0.25, 0.3) is 0 Å². The first kappa shape index (κ1) is 14.0. The van der Waals surface area contributed by atoms with Crippen molar-refractivity contribution in [1.82, 2.24) is 9.97 Å². The lowest BCUT2D eigenvalue weighted by atomic mass is 10.2. The third kappa shape index (κ3) is 4.33. The van der Waals surface area contributed by atoms with E-state index in [2.05, 4.69) is 20.6 Å². The van der Waals surface area contributed by atoms with Gasteiger partial charge < -0.3 is 15.4 Å². The molecule has 0 saturated carbocycles. The van der Waals surface area contributed by atoms with Crippen LogP contribution in [0.2, 0.25) is 0 Å². The van der Waals surface area contributed by atoms with Gasteiger partial charge in [-0.25, -0.2) is 0 Å². The van der Waals surface area contributed by atoms with E-state index in [1.807, 2.05) is 24.3 Å². The molecule has 0 aliphatic heterocycles.